The molecule has 0 fully saturated rings. The van der Waals surface area contributed by atoms with Crippen molar-refractivity contribution in [3.05, 3.63) is 73.1 Å². The van der Waals surface area contributed by atoms with E-state index < -0.39 is 0 Å². The van der Waals surface area contributed by atoms with Crippen molar-refractivity contribution in [2.75, 3.05) is 5.32 Å². The third-order valence-electron chi connectivity index (χ3n) is 3.51. The number of hydrogen-bond donors (Lipinski definition) is 1. The molecule has 0 aliphatic heterocycles. The molecule has 3 heteroatoms. The van der Waals surface area contributed by atoms with Crippen LogP contribution in [0.4, 0.5) is 11.4 Å². The molecule has 4 aromatic rings. The van der Waals surface area contributed by atoms with E-state index in [1.54, 1.807) is 6.20 Å². The summed E-state index contributed by atoms with van der Waals surface area (Å²) in [5.41, 5.74) is 3.97. The van der Waals surface area contributed by atoms with Crippen LogP contribution in [-0.4, -0.2) is 9.97 Å². The average Bonchev–Trinajstić information content (AvgIpc) is 2.56. The first kappa shape index (κ1) is 11.9. The van der Waals surface area contributed by atoms with Crippen molar-refractivity contribution in [3.63, 3.8) is 0 Å². The van der Waals surface area contributed by atoms with Crippen molar-refractivity contribution < 1.29 is 0 Å². The number of pyridine rings is 2. The van der Waals surface area contributed by atoms with Crippen molar-refractivity contribution in [1.82, 2.24) is 9.97 Å². The monoisotopic (exact) mass is 271 g/mol. The Morgan fingerprint density at radius 1 is 0.714 bits per heavy atom. The van der Waals surface area contributed by atoms with Gasteiger partial charge in [0.1, 0.15) is 0 Å². The van der Waals surface area contributed by atoms with Gasteiger partial charge in [0.15, 0.2) is 0 Å². The summed E-state index contributed by atoms with van der Waals surface area (Å²) in [6.07, 6.45) is 3.61. The summed E-state index contributed by atoms with van der Waals surface area (Å²) >= 11 is 0. The third kappa shape index (κ3) is 2.09. The summed E-state index contributed by atoms with van der Waals surface area (Å²) in [5, 5.41) is 5.63. The molecule has 3 nitrogen and oxygen atoms in total. The minimum absolute atomic E-state index is 0.925. The number of para-hydroxylation sites is 1. The van der Waals surface area contributed by atoms with Crippen LogP contribution >= 0.6 is 0 Å². The van der Waals surface area contributed by atoms with E-state index in [1.807, 2.05) is 36.5 Å². The Labute approximate surface area is 122 Å². The topological polar surface area (TPSA) is 37.8 Å². The molecular formula is C18H13N3. The predicted molar refractivity (Wildman–Crippen MR) is 86.8 cm³/mol. The van der Waals surface area contributed by atoms with Gasteiger partial charge in [-0.1, -0.05) is 24.3 Å². The van der Waals surface area contributed by atoms with Gasteiger partial charge < -0.3 is 5.32 Å². The predicted octanol–water partition coefficient (Wildman–Crippen LogP) is 4.53. The first-order valence-corrected chi connectivity index (χ1v) is 6.86. The molecule has 0 saturated carbocycles. The number of rotatable bonds is 2. The first-order chi connectivity index (χ1) is 10.4. The van der Waals surface area contributed by atoms with E-state index in [2.05, 4.69) is 45.6 Å². The lowest BCUT2D eigenvalue weighted by molar-refractivity contribution is 1.37. The van der Waals surface area contributed by atoms with Gasteiger partial charge in [-0.05, 0) is 36.4 Å². The Hall–Kier alpha value is -2.94. The fraction of sp³-hybridized carbons (Fsp3) is 0. The highest BCUT2D eigenvalue weighted by Gasteiger charge is 2.08. The van der Waals surface area contributed by atoms with Gasteiger partial charge >= 0.3 is 0 Å². The zero-order chi connectivity index (χ0) is 14.1. The van der Waals surface area contributed by atoms with Crippen LogP contribution in [0.2, 0.25) is 0 Å². The number of aromatic nitrogens is 2. The molecule has 0 unspecified atom stereocenters. The molecule has 0 aliphatic rings. The zero-order valence-corrected chi connectivity index (χ0v) is 11.3. The highest BCUT2D eigenvalue weighted by atomic mass is 14.9. The Kier molecular flexibility index (Phi) is 2.75. The fourth-order valence-electron chi connectivity index (χ4n) is 2.56. The zero-order valence-electron chi connectivity index (χ0n) is 11.3. The molecule has 0 spiro atoms. The Morgan fingerprint density at radius 3 is 2.33 bits per heavy atom. The summed E-state index contributed by atoms with van der Waals surface area (Å²) < 4.78 is 0. The van der Waals surface area contributed by atoms with Crippen LogP contribution in [0.3, 0.4) is 0 Å². The largest absolute Gasteiger partial charge is 0.355 e. The molecule has 0 atom stereocenters. The lowest BCUT2D eigenvalue weighted by Gasteiger charge is -2.11. The number of hydrogen-bond acceptors (Lipinski definition) is 3. The maximum atomic E-state index is 4.51. The molecule has 100 valence electrons. The summed E-state index contributed by atoms with van der Waals surface area (Å²) in [5.74, 6) is 0. The lowest BCUT2D eigenvalue weighted by atomic mass is 10.1. The van der Waals surface area contributed by atoms with Gasteiger partial charge in [0, 0.05) is 34.5 Å². The van der Waals surface area contributed by atoms with Crippen LogP contribution in [0.1, 0.15) is 0 Å². The van der Waals surface area contributed by atoms with Crippen LogP contribution in [0.25, 0.3) is 21.8 Å². The smallest absolute Gasteiger partial charge is 0.0985 e. The van der Waals surface area contributed by atoms with Gasteiger partial charge in [0.25, 0.3) is 0 Å². The molecule has 4 rings (SSSR count). The summed E-state index contributed by atoms with van der Waals surface area (Å²) in [7, 11) is 0. The summed E-state index contributed by atoms with van der Waals surface area (Å²) in [6.45, 7) is 0. The van der Waals surface area contributed by atoms with E-state index in [4.69, 9.17) is 0 Å². The number of anilines is 2. The van der Waals surface area contributed by atoms with E-state index >= 15 is 0 Å². The number of fused-ring (bicyclic) bond motifs is 3. The minimum atomic E-state index is 0.925. The van der Waals surface area contributed by atoms with Crippen molar-refractivity contribution in [3.8, 4) is 0 Å². The normalized spacial score (nSPS) is 10.9. The number of nitrogens with one attached hydrogen (secondary N) is 1. The van der Waals surface area contributed by atoms with Crippen LogP contribution in [-0.2, 0) is 0 Å². The van der Waals surface area contributed by atoms with Gasteiger partial charge in [-0.3, -0.25) is 9.97 Å². The second kappa shape index (κ2) is 4.87. The molecule has 0 saturated heterocycles. The van der Waals surface area contributed by atoms with Crippen LogP contribution in [0.5, 0.6) is 0 Å². The van der Waals surface area contributed by atoms with Gasteiger partial charge in [0.2, 0.25) is 0 Å². The molecule has 1 N–H and O–H groups in total. The summed E-state index contributed by atoms with van der Waals surface area (Å²) in [6, 6.07) is 20.3. The van der Waals surface area contributed by atoms with E-state index in [1.165, 1.54) is 0 Å². The van der Waals surface area contributed by atoms with Crippen molar-refractivity contribution in [1.29, 1.82) is 0 Å². The maximum Gasteiger partial charge on any atom is 0.0985 e. The fourth-order valence-corrected chi connectivity index (χ4v) is 2.56. The maximum absolute atomic E-state index is 4.51. The minimum Gasteiger partial charge on any atom is -0.355 e. The molecule has 2 aromatic carbocycles. The van der Waals surface area contributed by atoms with Gasteiger partial charge in [0.05, 0.1) is 11.0 Å². The standard InChI is InChI=1S/C18H13N3/c1-2-7-14(8-3-1)21-16-12-13-6-4-10-19-17(13)18-15(16)9-5-11-20-18/h1-12,21H. The van der Waals surface area contributed by atoms with Crippen molar-refractivity contribution >= 4 is 33.2 Å². The van der Waals surface area contributed by atoms with E-state index in [0.29, 0.717) is 0 Å². The Balaban J connectivity index is 1.98. The highest BCUT2D eigenvalue weighted by Crippen LogP contribution is 2.31. The van der Waals surface area contributed by atoms with Crippen molar-refractivity contribution in [2.45, 2.75) is 0 Å². The highest BCUT2D eigenvalue weighted by molar-refractivity contribution is 6.09. The molecule has 21 heavy (non-hydrogen) atoms. The third-order valence-corrected chi connectivity index (χ3v) is 3.51. The van der Waals surface area contributed by atoms with Gasteiger partial charge in [-0.25, -0.2) is 0 Å². The molecule has 2 heterocycles. The van der Waals surface area contributed by atoms with Gasteiger partial charge in [-0.15, -0.1) is 0 Å². The van der Waals surface area contributed by atoms with E-state index in [-0.39, 0.29) is 0 Å². The molecular weight excluding hydrogens is 258 g/mol. The summed E-state index contributed by atoms with van der Waals surface area (Å²) in [4.78, 5) is 8.98. The molecule has 0 amide bonds. The lowest BCUT2D eigenvalue weighted by Crippen LogP contribution is -1.94. The van der Waals surface area contributed by atoms with Crippen LogP contribution in [0.15, 0.2) is 73.1 Å². The molecule has 0 radical (unpaired) electrons. The van der Waals surface area contributed by atoms with Crippen molar-refractivity contribution in [2.24, 2.45) is 0 Å². The molecule has 0 bridgehead atoms. The van der Waals surface area contributed by atoms with E-state index in [9.17, 15) is 0 Å². The second-order valence-electron chi connectivity index (χ2n) is 4.89. The van der Waals surface area contributed by atoms with E-state index in [0.717, 1.165) is 33.2 Å². The number of nitrogens with zero attached hydrogens (tertiary/aromatic N) is 2. The SMILES string of the molecule is c1ccc(Nc2cc3cccnc3c3ncccc23)cc1. The Morgan fingerprint density at radius 2 is 1.48 bits per heavy atom. The van der Waals surface area contributed by atoms with Gasteiger partial charge in [-0.2, -0.15) is 0 Å². The van der Waals surface area contributed by atoms with Crippen LogP contribution < -0.4 is 5.32 Å². The molecule has 2 aromatic heterocycles. The average molecular weight is 271 g/mol. The number of benzene rings is 2. The quantitative estimate of drug-likeness (QED) is 0.544. The second-order valence-corrected chi connectivity index (χ2v) is 4.89. The van der Waals surface area contributed by atoms with Crippen LogP contribution in [0, 0.1) is 0 Å². The molecule has 0 aliphatic carbocycles. The first-order valence-electron chi connectivity index (χ1n) is 6.86. The Bertz CT molecular complexity index is 917.